The first-order valence-electron chi connectivity index (χ1n) is 9.65. The van der Waals surface area contributed by atoms with Crippen LogP contribution in [0.2, 0.25) is 5.02 Å². The summed E-state index contributed by atoms with van der Waals surface area (Å²) in [6.07, 6.45) is -3.99. The van der Waals surface area contributed by atoms with Crippen LogP contribution in [-0.4, -0.2) is 37.6 Å². The number of halogens is 6. The number of amides is 1. The van der Waals surface area contributed by atoms with Crippen molar-refractivity contribution in [3.05, 3.63) is 63.7 Å². The Morgan fingerprint density at radius 1 is 1.00 bits per heavy atom. The molecule has 1 heterocycles. The van der Waals surface area contributed by atoms with E-state index in [1.54, 1.807) is 17.4 Å². The van der Waals surface area contributed by atoms with Crippen molar-refractivity contribution in [3.8, 4) is 0 Å². The van der Waals surface area contributed by atoms with Crippen LogP contribution < -0.4 is 16.0 Å². The molecule has 4 nitrogen and oxygen atoms in total. The van der Waals surface area contributed by atoms with Crippen LogP contribution in [0.3, 0.4) is 0 Å². The molecule has 0 aliphatic carbocycles. The molecule has 2 aromatic rings. The van der Waals surface area contributed by atoms with Gasteiger partial charge in [0.25, 0.3) is 5.91 Å². The molecule has 31 heavy (non-hydrogen) atoms. The second kappa shape index (κ2) is 9.40. The lowest BCUT2D eigenvalue weighted by Crippen LogP contribution is -2.46. The van der Waals surface area contributed by atoms with E-state index in [1.165, 1.54) is 17.7 Å². The predicted octanol–water partition coefficient (Wildman–Crippen LogP) is 4.57. The Labute approximate surface area is 181 Å². The van der Waals surface area contributed by atoms with Crippen LogP contribution in [0.4, 0.5) is 27.6 Å². The topological polar surface area (TPSA) is 53.2 Å². The van der Waals surface area contributed by atoms with Crippen molar-refractivity contribution in [3.63, 3.8) is 0 Å². The molecule has 0 aromatic heterocycles. The van der Waals surface area contributed by atoms with Crippen LogP contribution in [0.15, 0.2) is 36.4 Å². The Balaban J connectivity index is 1.62. The quantitative estimate of drug-likeness (QED) is 0.552. The Bertz CT molecular complexity index is 932. The molecule has 0 saturated carbocycles. The number of carbonyl (C=O) groups excluding carboxylic acids is 1. The summed E-state index contributed by atoms with van der Waals surface area (Å²) in [6, 6.07) is 9.80. The lowest BCUT2D eigenvalue weighted by molar-refractivity contribution is -0.278. The van der Waals surface area contributed by atoms with Crippen LogP contribution in [0.1, 0.15) is 27.0 Å². The molecule has 0 fully saturated rings. The molecule has 3 N–H and O–H groups in total. The second-order valence-electron chi connectivity index (χ2n) is 7.25. The minimum atomic E-state index is -5.72. The lowest BCUT2D eigenvalue weighted by Gasteiger charge is -2.19. The summed E-state index contributed by atoms with van der Waals surface area (Å²) in [5, 5.41) is 8.87. The number of nitrogens with one attached hydrogen (secondary N) is 3. The van der Waals surface area contributed by atoms with Gasteiger partial charge in [-0.1, -0.05) is 29.8 Å². The van der Waals surface area contributed by atoms with Crippen molar-refractivity contribution in [2.75, 3.05) is 25.0 Å². The summed E-state index contributed by atoms with van der Waals surface area (Å²) in [5.41, 5.74) is 4.00. The van der Waals surface area contributed by atoms with Gasteiger partial charge >= 0.3 is 12.1 Å². The third kappa shape index (κ3) is 5.65. The van der Waals surface area contributed by atoms with Gasteiger partial charge in [0.1, 0.15) is 0 Å². The summed E-state index contributed by atoms with van der Waals surface area (Å²) in [4.78, 5) is 11.9. The predicted molar refractivity (Wildman–Crippen MR) is 109 cm³/mol. The molecule has 1 amide bonds. The first-order chi connectivity index (χ1) is 14.6. The Morgan fingerprint density at radius 3 is 2.35 bits per heavy atom. The minimum absolute atomic E-state index is 0.0144. The van der Waals surface area contributed by atoms with Gasteiger partial charge in [0.2, 0.25) is 0 Å². The molecule has 0 spiro atoms. The van der Waals surface area contributed by atoms with E-state index in [2.05, 4.69) is 10.6 Å². The number of fused-ring (bicyclic) bond motifs is 1. The molecule has 0 radical (unpaired) electrons. The van der Waals surface area contributed by atoms with Crippen LogP contribution in [0, 0.1) is 0 Å². The van der Waals surface area contributed by atoms with Gasteiger partial charge < -0.3 is 16.0 Å². The fraction of sp³-hybridized carbons (Fsp3) is 0.381. The zero-order chi connectivity index (χ0) is 22.6. The van der Waals surface area contributed by atoms with Crippen molar-refractivity contribution in [2.45, 2.75) is 31.5 Å². The third-order valence-electron chi connectivity index (χ3n) is 5.05. The Hall–Kier alpha value is -2.39. The third-order valence-corrected chi connectivity index (χ3v) is 5.37. The van der Waals surface area contributed by atoms with Gasteiger partial charge in [0.05, 0.1) is 17.3 Å². The normalized spacial score (nSPS) is 14.5. The molecule has 1 aliphatic heterocycles. The molecule has 0 unspecified atom stereocenters. The number of anilines is 1. The molecule has 168 valence electrons. The van der Waals surface area contributed by atoms with Gasteiger partial charge in [-0.15, -0.1) is 0 Å². The fourth-order valence-electron chi connectivity index (χ4n) is 3.29. The van der Waals surface area contributed by atoms with Gasteiger partial charge in [0, 0.05) is 12.1 Å². The summed E-state index contributed by atoms with van der Waals surface area (Å²) < 4.78 is 62.5. The fourth-order valence-corrected chi connectivity index (χ4v) is 3.54. The highest BCUT2D eigenvalue weighted by molar-refractivity contribution is 6.33. The summed E-state index contributed by atoms with van der Waals surface area (Å²) in [5.74, 6) is -6.00. The number of hydrogen-bond acceptors (Lipinski definition) is 3. The molecular weight excluding hydrogens is 441 g/mol. The van der Waals surface area contributed by atoms with Gasteiger partial charge in [-0.3, -0.25) is 4.79 Å². The molecule has 0 atom stereocenters. The summed E-state index contributed by atoms with van der Waals surface area (Å²) in [7, 11) is 0. The van der Waals surface area contributed by atoms with Crippen molar-refractivity contribution in [1.82, 2.24) is 10.6 Å². The molecule has 3 rings (SSSR count). The number of benzene rings is 2. The van der Waals surface area contributed by atoms with Crippen molar-refractivity contribution in [1.29, 1.82) is 0 Å². The number of alkyl halides is 5. The zero-order valence-electron chi connectivity index (χ0n) is 16.4. The lowest BCUT2D eigenvalue weighted by atomic mass is 10.0. The monoisotopic (exact) mass is 461 g/mol. The first kappa shape index (κ1) is 23.3. The maximum Gasteiger partial charge on any atom is 0.455 e. The highest BCUT2D eigenvalue weighted by atomic mass is 35.5. The van der Waals surface area contributed by atoms with E-state index < -0.39 is 24.6 Å². The molecule has 10 heteroatoms. The van der Waals surface area contributed by atoms with Crippen LogP contribution >= 0.6 is 11.6 Å². The van der Waals surface area contributed by atoms with Crippen molar-refractivity contribution >= 4 is 23.2 Å². The first-order valence-corrected chi connectivity index (χ1v) is 10.0. The van der Waals surface area contributed by atoms with E-state index in [-0.39, 0.29) is 5.56 Å². The Kier molecular flexibility index (Phi) is 7.06. The Morgan fingerprint density at radius 2 is 1.68 bits per heavy atom. The largest absolute Gasteiger partial charge is 0.455 e. The van der Waals surface area contributed by atoms with Gasteiger partial charge in [-0.2, -0.15) is 22.0 Å². The standard InChI is InChI=1S/C21H21ClF5N3O/c22-17-6-5-14-7-9-28-10-8-16(14)18(17)29-11-13-1-3-15(4-2-13)19(31)30-12-20(23,24)21(25,26)27/h1-6,28-29H,7-12H2,(H,30,31). The summed E-state index contributed by atoms with van der Waals surface area (Å²) >= 11 is 6.37. The highest BCUT2D eigenvalue weighted by Crippen LogP contribution is 2.34. The second-order valence-corrected chi connectivity index (χ2v) is 7.65. The van der Waals surface area contributed by atoms with E-state index in [4.69, 9.17) is 11.6 Å². The maximum absolute atomic E-state index is 12.9. The number of hydrogen-bond donors (Lipinski definition) is 3. The van der Waals surface area contributed by atoms with Crippen molar-refractivity contribution < 1.29 is 26.7 Å². The van der Waals surface area contributed by atoms with E-state index in [0.29, 0.717) is 11.6 Å². The molecular formula is C21H21ClF5N3O. The maximum atomic E-state index is 12.9. The van der Waals surface area contributed by atoms with Gasteiger partial charge in [-0.05, 0) is 60.8 Å². The van der Waals surface area contributed by atoms with Crippen LogP contribution in [-0.2, 0) is 19.4 Å². The average Bonchev–Trinajstić information content (AvgIpc) is 2.96. The molecule has 2 aromatic carbocycles. The minimum Gasteiger partial charge on any atom is -0.380 e. The van der Waals surface area contributed by atoms with Crippen molar-refractivity contribution in [2.24, 2.45) is 0 Å². The molecule has 0 saturated heterocycles. The van der Waals surface area contributed by atoms with E-state index >= 15 is 0 Å². The zero-order valence-corrected chi connectivity index (χ0v) is 17.1. The van der Waals surface area contributed by atoms with Gasteiger partial charge in [0.15, 0.2) is 0 Å². The van der Waals surface area contributed by atoms with Crippen LogP contribution in [0.5, 0.6) is 0 Å². The SMILES string of the molecule is O=C(NCC(F)(F)C(F)(F)F)c1ccc(CNc2c(Cl)ccc3c2CCNCC3)cc1. The molecule has 1 aliphatic rings. The van der Waals surface area contributed by atoms with Gasteiger partial charge in [-0.25, -0.2) is 0 Å². The number of rotatable bonds is 6. The number of carbonyl (C=O) groups is 1. The highest BCUT2D eigenvalue weighted by Gasteiger charge is 2.57. The summed E-state index contributed by atoms with van der Waals surface area (Å²) in [6.45, 7) is 0.328. The van der Waals surface area contributed by atoms with E-state index in [1.807, 2.05) is 12.1 Å². The van der Waals surface area contributed by atoms with E-state index in [0.717, 1.165) is 42.7 Å². The van der Waals surface area contributed by atoms with Crippen LogP contribution in [0.25, 0.3) is 0 Å². The molecule has 0 bridgehead atoms. The smallest absolute Gasteiger partial charge is 0.380 e. The average molecular weight is 462 g/mol. The van der Waals surface area contributed by atoms with E-state index in [9.17, 15) is 26.7 Å².